The maximum Gasteiger partial charge on any atom is 0.226 e. The monoisotopic (exact) mass is 368 g/mol. The minimum atomic E-state index is 0.0747. The van der Waals surface area contributed by atoms with E-state index < -0.39 is 0 Å². The van der Waals surface area contributed by atoms with Gasteiger partial charge in [-0.25, -0.2) is 4.98 Å². The Balaban J connectivity index is 1.26. The number of rotatable bonds is 6. The number of thiazole rings is 1. The quantitative estimate of drug-likeness (QED) is 0.728. The van der Waals surface area contributed by atoms with E-state index in [9.17, 15) is 4.79 Å². The highest BCUT2D eigenvalue weighted by atomic mass is 32.1. The third-order valence-electron chi connectivity index (χ3n) is 4.91. The molecule has 1 atom stereocenters. The van der Waals surface area contributed by atoms with Crippen molar-refractivity contribution >= 4 is 22.2 Å². The molecular weight excluding hydrogens is 344 g/mol. The van der Waals surface area contributed by atoms with E-state index in [-0.39, 0.29) is 11.9 Å². The van der Waals surface area contributed by atoms with Crippen LogP contribution in [-0.4, -0.2) is 45.9 Å². The summed E-state index contributed by atoms with van der Waals surface area (Å²) >= 11 is 1.59. The number of carbonyl (C=O) groups excluding carboxylic acids is 1. The van der Waals surface area contributed by atoms with Gasteiger partial charge >= 0.3 is 0 Å². The molecule has 1 N–H and O–H groups in total. The molecule has 0 radical (unpaired) electrons. The molecule has 0 bridgehead atoms. The van der Waals surface area contributed by atoms with Gasteiger partial charge in [-0.1, -0.05) is 30.3 Å². The molecule has 0 saturated carbocycles. The highest BCUT2D eigenvalue weighted by Gasteiger charge is 2.21. The third-order valence-corrected chi connectivity index (χ3v) is 5.69. The summed E-state index contributed by atoms with van der Waals surface area (Å²) in [7, 11) is 0. The van der Waals surface area contributed by atoms with Gasteiger partial charge in [-0.15, -0.1) is 11.3 Å². The Labute approximate surface area is 157 Å². The van der Waals surface area contributed by atoms with E-state index in [1.165, 1.54) is 5.56 Å². The number of aromatic nitrogens is 2. The van der Waals surface area contributed by atoms with Gasteiger partial charge in [-0.05, 0) is 31.4 Å². The van der Waals surface area contributed by atoms with Crippen LogP contribution in [0.2, 0.25) is 0 Å². The molecule has 1 aromatic carbocycles. The van der Waals surface area contributed by atoms with Crippen LogP contribution in [0, 0.1) is 0 Å². The molecule has 3 heterocycles. The van der Waals surface area contributed by atoms with Crippen molar-refractivity contribution in [1.82, 2.24) is 19.6 Å². The van der Waals surface area contributed by atoms with Gasteiger partial charge in [-0.3, -0.25) is 9.20 Å². The van der Waals surface area contributed by atoms with Crippen molar-refractivity contribution < 1.29 is 4.79 Å². The van der Waals surface area contributed by atoms with Crippen LogP contribution in [-0.2, 0) is 17.6 Å². The van der Waals surface area contributed by atoms with Crippen LogP contribution in [0.1, 0.15) is 24.1 Å². The molecule has 1 aliphatic heterocycles. The number of piperidine rings is 1. The minimum absolute atomic E-state index is 0.0747. The van der Waals surface area contributed by atoms with Crippen molar-refractivity contribution in [2.24, 2.45) is 0 Å². The molecule has 0 spiro atoms. The number of amides is 1. The first-order valence-corrected chi connectivity index (χ1v) is 10.1. The molecule has 136 valence electrons. The molecule has 5 nitrogen and oxygen atoms in total. The number of hydrogen-bond acceptors (Lipinski definition) is 4. The number of nitrogens with zero attached hydrogens (tertiary/aromatic N) is 3. The van der Waals surface area contributed by atoms with E-state index in [1.54, 1.807) is 11.3 Å². The number of nitrogens with one attached hydrogen (secondary N) is 1. The predicted molar refractivity (Wildman–Crippen MR) is 105 cm³/mol. The molecule has 1 fully saturated rings. The first kappa shape index (κ1) is 17.2. The molecule has 2 aromatic heterocycles. The van der Waals surface area contributed by atoms with Crippen molar-refractivity contribution in [3.05, 3.63) is 59.4 Å². The van der Waals surface area contributed by atoms with Crippen molar-refractivity contribution in [1.29, 1.82) is 0 Å². The lowest BCUT2D eigenvalue weighted by atomic mass is 10.0. The summed E-state index contributed by atoms with van der Waals surface area (Å²) in [6.45, 7) is 3.11. The summed E-state index contributed by atoms with van der Waals surface area (Å²) in [5, 5.41) is 5.20. The molecule has 1 amide bonds. The fourth-order valence-electron chi connectivity index (χ4n) is 3.61. The lowest BCUT2D eigenvalue weighted by Crippen LogP contribution is -2.48. The Morgan fingerprint density at radius 2 is 2.19 bits per heavy atom. The highest BCUT2D eigenvalue weighted by molar-refractivity contribution is 7.15. The Morgan fingerprint density at radius 1 is 1.31 bits per heavy atom. The van der Waals surface area contributed by atoms with Crippen molar-refractivity contribution in [3.8, 4) is 0 Å². The van der Waals surface area contributed by atoms with Gasteiger partial charge in [0.05, 0.1) is 12.1 Å². The summed E-state index contributed by atoms with van der Waals surface area (Å²) in [6, 6.07) is 10.8. The average Bonchev–Trinajstić information content (AvgIpc) is 3.22. The largest absolute Gasteiger partial charge is 0.352 e. The van der Waals surface area contributed by atoms with Gasteiger partial charge in [0, 0.05) is 36.9 Å². The van der Waals surface area contributed by atoms with Crippen molar-refractivity contribution in [2.45, 2.75) is 31.7 Å². The molecule has 0 aliphatic carbocycles. The van der Waals surface area contributed by atoms with Gasteiger partial charge in [0.1, 0.15) is 0 Å². The van der Waals surface area contributed by atoms with Gasteiger partial charge in [0.2, 0.25) is 5.91 Å². The fraction of sp³-hybridized carbons (Fsp3) is 0.400. The number of fused-ring (bicyclic) bond motifs is 1. The summed E-state index contributed by atoms with van der Waals surface area (Å²) in [6.07, 6.45) is 7.53. The van der Waals surface area contributed by atoms with Gasteiger partial charge in [0.15, 0.2) is 4.96 Å². The van der Waals surface area contributed by atoms with Gasteiger partial charge in [0.25, 0.3) is 0 Å². The summed E-state index contributed by atoms with van der Waals surface area (Å²) < 4.78 is 1.97. The van der Waals surface area contributed by atoms with Crippen LogP contribution >= 0.6 is 11.3 Å². The Morgan fingerprint density at radius 3 is 3.04 bits per heavy atom. The standard InChI is InChI=1S/C20H24N4OS/c25-19(13-18-15-24-11-12-26-20(24)22-18)21-17-7-4-9-23(14-17)10-8-16-5-2-1-3-6-16/h1-3,5-6,11-12,15,17H,4,7-10,13-14H2,(H,21,25). The number of imidazole rings is 1. The topological polar surface area (TPSA) is 49.6 Å². The summed E-state index contributed by atoms with van der Waals surface area (Å²) in [5.41, 5.74) is 2.21. The second-order valence-corrected chi connectivity index (χ2v) is 7.82. The molecule has 6 heteroatoms. The van der Waals surface area contributed by atoms with Gasteiger partial charge in [-0.2, -0.15) is 0 Å². The fourth-order valence-corrected chi connectivity index (χ4v) is 4.33. The van der Waals surface area contributed by atoms with E-state index in [0.717, 1.165) is 49.6 Å². The Bertz CT molecular complexity index is 828. The Hall–Kier alpha value is -2.18. The second-order valence-electron chi connectivity index (χ2n) is 6.94. The minimum Gasteiger partial charge on any atom is -0.352 e. The predicted octanol–water partition coefficient (Wildman–Crippen LogP) is 2.76. The molecule has 26 heavy (non-hydrogen) atoms. The zero-order chi connectivity index (χ0) is 17.8. The summed E-state index contributed by atoms with van der Waals surface area (Å²) in [4.78, 5) is 20.3. The van der Waals surface area contributed by atoms with E-state index >= 15 is 0 Å². The van der Waals surface area contributed by atoms with Crippen LogP contribution in [0.25, 0.3) is 4.96 Å². The number of likely N-dealkylation sites (tertiary alicyclic amines) is 1. The van der Waals surface area contributed by atoms with E-state index in [1.807, 2.05) is 22.2 Å². The van der Waals surface area contributed by atoms with E-state index in [4.69, 9.17) is 0 Å². The van der Waals surface area contributed by atoms with E-state index in [2.05, 4.69) is 45.5 Å². The SMILES string of the molecule is O=C(Cc1cn2ccsc2n1)NC1CCCN(CCc2ccccc2)C1. The Kier molecular flexibility index (Phi) is 5.32. The lowest BCUT2D eigenvalue weighted by molar-refractivity contribution is -0.121. The van der Waals surface area contributed by atoms with Gasteiger partial charge < -0.3 is 10.2 Å². The third kappa shape index (κ3) is 4.31. The second kappa shape index (κ2) is 8.01. The number of benzene rings is 1. The molecule has 1 aliphatic rings. The maximum atomic E-state index is 12.4. The molecule has 1 unspecified atom stereocenters. The van der Waals surface area contributed by atoms with Crippen LogP contribution in [0.15, 0.2) is 48.1 Å². The molecule has 1 saturated heterocycles. The number of hydrogen-bond donors (Lipinski definition) is 1. The van der Waals surface area contributed by atoms with Crippen LogP contribution in [0.5, 0.6) is 0 Å². The van der Waals surface area contributed by atoms with Crippen molar-refractivity contribution in [2.75, 3.05) is 19.6 Å². The highest BCUT2D eigenvalue weighted by Crippen LogP contribution is 2.13. The smallest absolute Gasteiger partial charge is 0.226 e. The summed E-state index contributed by atoms with van der Waals surface area (Å²) in [5.74, 6) is 0.0747. The normalized spacial score (nSPS) is 18.2. The van der Waals surface area contributed by atoms with Crippen LogP contribution < -0.4 is 5.32 Å². The first-order valence-electron chi connectivity index (χ1n) is 9.23. The maximum absolute atomic E-state index is 12.4. The molecular formula is C20H24N4OS. The molecule has 4 rings (SSSR count). The molecule has 3 aromatic rings. The zero-order valence-electron chi connectivity index (χ0n) is 14.8. The lowest BCUT2D eigenvalue weighted by Gasteiger charge is -2.33. The average molecular weight is 369 g/mol. The van der Waals surface area contributed by atoms with Crippen LogP contribution in [0.3, 0.4) is 0 Å². The van der Waals surface area contributed by atoms with Crippen LogP contribution in [0.4, 0.5) is 0 Å². The first-order chi connectivity index (χ1) is 12.8. The zero-order valence-corrected chi connectivity index (χ0v) is 15.6. The van der Waals surface area contributed by atoms with Crippen molar-refractivity contribution in [3.63, 3.8) is 0 Å². The number of carbonyl (C=O) groups is 1. The van der Waals surface area contributed by atoms with E-state index in [0.29, 0.717) is 6.42 Å².